The molecule has 2 atom stereocenters. The van der Waals surface area contributed by atoms with E-state index in [9.17, 15) is 19.0 Å². The minimum atomic E-state index is -4.38. The highest BCUT2D eigenvalue weighted by atomic mass is 31.2. The van der Waals surface area contributed by atoms with Crippen molar-refractivity contribution in [3.63, 3.8) is 0 Å². The van der Waals surface area contributed by atoms with Crippen LogP contribution in [-0.2, 0) is 32.7 Å². The molecule has 0 radical (unpaired) electrons. The second-order valence-corrected chi connectivity index (χ2v) is 16.5. The molecule has 0 aliphatic rings. The Kier molecular flexibility index (Phi) is 34.8. The molecule has 0 saturated heterocycles. The molecule has 1 unspecified atom stereocenters. The number of quaternary nitrogens is 1. The summed E-state index contributed by atoms with van der Waals surface area (Å²) in [6.07, 6.45) is 42.6. The van der Waals surface area contributed by atoms with Gasteiger partial charge in [0.25, 0.3) is 0 Å². The lowest BCUT2D eigenvalue weighted by molar-refractivity contribution is -0.870. The molecule has 0 saturated carbocycles. The van der Waals surface area contributed by atoms with Gasteiger partial charge in [0.05, 0.1) is 27.7 Å². The lowest BCUT2D eigenvalue weighted by Gasteiger charge is -2.24. The summed E-state index contributed by atoms with van der Waals surface area (Å²) in [5.74, 6) is -0.842. The first kappa shape index (κ1) is 51.7. The number of esters is 2. The number of allylic oxidation sites excluding steroid dienone is 10. The van der Waals surface area contributed by atoms with Gasteiger partial charge in [-0.05, 0) is 70.6 Å². The van der Waals surface area contributed by atoms with Crippen LogP contribution < -0.4 is 0 Å². The quantitative estimate of drug-likeness (QED) is 0.0166. The molecule has 0 aromatic heterocycles. The maximum Gasteiger partial charge on any atom is 0.472 e. The first-order valence-electron chi connectivity index (χ1n) is 21.0. The Morgan fingerprint density at radius 2 is 1.11 bits per heavy atom. The fourth-order valence-corrected chi connectivity index (χ4v) is 5.99. The summed E-state index contributed by atoms with van der Waals surface area (Å²) in [5.41, 5.74) is 0. The molecule has 0 aliphatic carbocycles. The molecule has 0 amide bonds. The molecular formula is C44H79NO8P+. The smallest absolute Gasteiger partial charge is 0.462 e. The van der Waals surface area contributed by atoms with Crippen molar-refractivity contribution >= 4 is 19.8 Å². The summed E-state index contributed by atoms with van der Waals surface area (Å²) in [7, 11) is 1.44. The molecule has 9 nitrogen and oxygen atoms in total. The molecular weight excluding hydrogens is 701 g/mol. The van der Waals surface area contributed by atoms with Crippen LogP contribution in [0.3, 0.4) is 0 Å². The van der Waals surface area contributed by atoms with Crippen molar-refractivity contribution in [2.75, 3.05) is 47.5 Å². The first-order valence-corrected chi connectivity index (χ1v) is 22.5. The van der Waals surface area contributed by atoms with E-state index in [0.29, 0.717) is 23.9 Å². The molecule has 1 N–H and O–H groups in total. The fourth-order valence-electron chi connectivity index (χ4n) is 5.25. The minimum absolute atomic E-state index is 0.0228. The molecule has 0 spiro atoms. The SMILES string of the molecule is CC/C=C/C/C=C/C/C=C/CCCCCCCC(=O)OC[C@H](COP(=O)(O)OCC[N+](C)(C)C)OC(=O)CCCCCCC/C=C/C=C/CCCCCC. The number of ether oxygens (including phenoxy) is 2. The number of hydrogen-bond donors (Lipinski definition) is 1. The third kappa shape index (κ3) is 39.4. The Labute approximate surface area is 330 Å². The van der Waals surface area contributed by atoms with Crippen LogP contribution in [0, 0.1) is 0 Å². The molecule has 0 aromatic rings. The van der Waals surface area contributed by atoms with Crippen LogP contribution in [0.5, 0.6) is 0 Å². The third-order valence-corrected chi connectivity index (χ3v) is 9.54. The van der Waals surface area contributed by atoms with E-state index in [-0.39, 0.29) is 26.1 Å². The monoisotopic (exact) mass is 781 g/mol. The summed E-state index contributed by atoms with van der Waals surface area (Å²) in [5, 5.41) is 0. The molecule has 0 heterocycles. The van der Waals surface area contributed by atoms with Gasteiger partial charge in [-0.2, -0.15) is 0 Å². The molecule has 10 heteroatoms. The van der Waals surface area contributed by atoms with Gasteiger partial charge in [-0.15, -0.1) is 0 Å². The lowest BCUT2D eigenvalue weighted by atomic mass is 10.1. The fraction of sp³-hybridized carbons (Fsp3) is 0.727. The number of likely N-dealkylation sites (N-methyl/N-ethyl adjacent to an activating group) is 1. The van der Waals surface area contributed by atoms with Gasteiger partial charge in [0.15, 0.2) is 6.10 Å². The second-order valence-electron chi connectivity index (χ2n) is 15.0. The van der Waals surface area contributed by atoms with E-state index in [2.05, 4.69) is 74.6 Å². The van der Waals surface area contributed by atoms with Crippen molar-refractivity contribution in [3.05, 3.63) is 60.8 Å². The summed E-state index contributed by atoms with van der Waals surface area (Å²) in [6, 6.07) is 0. The van der Waals surface area contributed by atoms with Gasteiger partial charge >= 0.3 is 19.8 Å². The van der Waals surface area contributed by atoms with Gasteiger partial charge in [-0.25, -0.2) is 4.57 Å². The summed E-state index contributed by atoms with van der Waals surface area (Å²) in [4.78, 5) is 35.3. The number of unbranched alkanes of at least 4 members (excludes halogenated alkanes) is 14. The first-order chi connectivity index (χ1) is 26.0. The Morgan fingerprint density at radius 1 is 0.611 bits per heavy atom. The van der Waals surface area contributed by atoms with E-state index in [1.807, 2.05) is 21.1 Å². The van der Waals surface area contributed by atoms with E-state index >= 15 is 0 Å². The van der Waals surface area contributed by atoms with Gasteiger partial charge in [-0.1, -0.05) is 132 Å². The molecule has 0 aliphatic heterocycles. The van der Waals surface area contributed by atoms with Gasteiger partial charge in [0, 0.05) is 12.8 Å². The normalized spacial score (nSPS) is 14.3. The predicted molar refractivity (Wildman–Crippen MR) is 224 cm³/mol. The van der Waals surface area contributed by atoms with Gasteiger partial charge in [0.1, 0.15) is 19.8 Å². The zero-order chi connectivity index (χ0) is 40.0. The van der Waals surface area contributed by atoms with Crippen LogP contribution in [0.15, 0.2) is 60.8 Å². The third-order valence-electron chi connectivity index (χ3n) is 8.56. The zero-order valence-corrected chi connectivity index (χ0v) is 35.8. The van der Waals surface area contributed by atoms with Crippen LogP contribution in [-0.4, -0.2) is 74.9 Å². The average molecular weight is 781 g/mol. The Morgan fingerprint density at radius 3 is 1.69 bits per heavy atom. The van der Waals surface area contributed by atoms with Crippen LogP contribution in [0.2, 0.25) is 0 Å². The van der Waals surface area contributed by atoms with Gasteiger partial charge in [-0.3, -0.25) is 18.6 Å². The summed E-state index contributed by atoms with van der Waals surface area (Å²) >= 11 is 0. The Hall–Kier alpha value is -2.29. The highest BCUT2D eigenvalue weighted by Gasteiger charge is 2.27. The van der Waals surface area contributed by atoms with Crippen molar-refractivity contribution in [2.24, 2.45) is 0 Å². The Balaban J connectivity index is 4.46. The van der Waals surface area contributed by atoms with Crippen molar-refractivity contribution in [1.29, 1.82) is 0 Å². The minimum Gasteiger partial charge on any atom is -0.462 e. The summed E-state index contributed by atoms with van der Waals surface area (Å²) in [6.45, 7) is 4.23. The number of phosphoric acid groups is 1. The standard InChI is InChI=1S/C44H78NO8P/c1-6-8-10-12-14-16-18-20-22-24-26-28-30-32-34-36-43(46)50-40-42(41-52-54(48,49)51-39-38-45(3,4)5)53-44(47)37-35-33-31-29-27-25-23-21-19-17-15-13-11-9-7-2/h8,10,14,16-17,19-23,42H,6-7,9,11-13,15,18,24-41H2,1-5H3/p+1/b10-8+,16-14+,19-17+,22-20+,23-21+/t42-/m1/s1. The molecule has 0 aromatic carbocycles. The molecule has 0 bridgehead atoms. The largest absolute Gasteiger partial charge is 0.472 e. The number of hydrogen-bond acceptors (Lipinski definition) is 7. The topological polar surface area (TPSA) is 108 Å². The number of rotatable bonds is 37. The number of carbonyl (C=O) groups is 2. The van der Waals surface area contributed by atoms with E-state index < -0.39 is 32.5 Å². The van der Waals surface area contributed by atoms with Crippen LogP contribution in [0.1, 0.15) is 155 Å². The highest BCUT2D eigenvalue weighted by molar-refractivity contribution is 7.47. The van der Waals surface area contributed by atoms with Crippen molar-refractivity contribution in [1.82, 2.24) is 0 Å². The van der Waals surface area contributed by atoms with E-state index in [0.717, 1.165) is 89.9 Å². The Bertz CT molecular complexity index is 1110. The second kappa shape index (κ2) is 36.4. The summed E-state index contributed by atoms with van der Waals surface area (Å²) < 4.78 is 34.2. The molecule has 0 fully saturated rings. The number of phosphoric ester groups is 1. The molecule has 0 rings (SSSR count). The lowest BCUT2D eigenvalue weighted by Crippen LogP contribution is -2.37. The van der Waals surface area contributed by atoms with Crippen molar-refractivity contribution in [3.8, 4) is 0 Å². The number of nitrogens with zero attached hydrogens (tertiary/aromatic N) is 1. The highest BCUT2D eigenvalue weighted by Crippen LogP contribution is 2.43. The average Bonchev–Trinajstić information content (AvgIpc) is 3.12. The maximum atomic E-state index is 12.7. The van der Waals surface area contributed by atoms with Crippen LogP contribution >= 0.6 is 7.82 Å². The number of carbonyl (C=O) groups excluding carboxylic acids is 2. The van der Waals surface area contributed by atoms with E-state index in [1.54, 1.807) is 0 Å². The van der Waals surface area contributed by atoms with Crippen molar-refractivity contribution in [2.45, 2.75) is 161 Å². The van der Waals surface area contributed by atoms with Gasteiger partial charge in [0.2, 0.25) is 0 Å². The van der Waals surface area contributed by atoms with Gasteiger partial charge < -0.3 is 18.9 Å². The molecule has 312 valence electrons. The maximum absolute atomic E-state index is 12.7. The predicted octanol–water partition coefficient (Wildman–Crippen LogP) is 11.7. The van der Waals surface area contributed by atoms with Crippen molar-refractivity contribution < 1.29 is 42.1 Å². The van der Waals surface area contributed by atoms with Crippen LogP contribution in [0.4, 0.5) is 0 Å². The van der Waals surface area contributed by atoms with E-state index in [4.69, 9.17) is 18.5 Å². The van der Waals surface area contributed by atoms with Crippen LogP contribution in [0.25, 0.3) is 0 Å². The van der Waals surface area contributed by atoms with E-state index in [1.165, 1.54) is 25.7 Å². The zero-order valence-electron chi connectivity index (χ0n) is 34.9. The molecule has 54 heavy (non-hydrogen) atoms.